The predicted octanol–water partition coefficient (Wildman–Crippen LogP) is -2.46. The average molecular weight is 806 g/mol. The highest BCUT2D eigenvalue weighted by atomic mass is 16.6. The Morgan fingerprint density at radius 1 is 0.518 bits per heavy atom. The van der Waals surface area contributed by atoms with Crippen LogP contribution in [-0.2, 0) is 71.5 Å². The first-order chi connectivity index (χ1) is 26.9. The van der Waals surface area contributed by atoms with Gasteiger partial charge in [0, 0.05) is 38.1 Å². The number of imide groups is 1. The summed E-state index contributed by atoms with van der Waals surface area (Å²) in [6.45, 7) is 10.3. The van der Waals surface area contributed by atoms with E-state index in [2.05, 4.69) is 21.3 Å². The molecule has 0 aliphatic carbocycles. The summed E-state index contributed by atoms with van der Waals surface area (Å²) in [7, 11) is 0. The highest BCUT2D eigenvalue weighted by molar-refractivity contribution is 6.13. The molecule has 1 aliphatic heterocycles. The quantitative estimate of drug-likeness (QED) is 0.0325. The second-order valence-corrected chi connectivity index (χ2v) is 12.0. The molecule has 1 heterocycles. The molecular weight excluding hydrogens is 746 g/mol. The molecule has 0 aromatic heterocycles. The lowest BCUT2D eigenvalue weighted by molar-refractivity contribution is -0.141. The van der Waals surface area contributed by atoms with Crippen LogP contribution in [0.4, 0.5) is 0 Å². The van der Waals surface area contributed by atoms with Crippen LogP contribution in [0.3, 0.4) is 0 Å². The lowest BCUT2D eigenvalue weighted by Gasteiger charge is -2.19. The normalized spacial score (nSPS) is 14.0. The van der Waals surface area contributed by atoms with Gasteiger partial charge >= 0.3 is 5.97 Å². The number of carbonyl (C=O) groups is 7. The Kier molecular flexibility index (Phi) is 28.6. The molecule has 5 N–H and O–H groups in total. The van der Waals surface area contributed by atoms with Crippen LogP contribution in [-0.4, -0.2) is 188 Å². The number of nitrogens with zero attached hydrogens (tertiary/aromatic N) is 1. The largest absolute Gasteiger partial charge is 0.480 e. The molecule has 21 heteroatoms. The fourth-order valence-corrected chi connectivity index (χ4v) is 4.21. The van der Waals surface area contributed by atoms with Gasteiger partial charge in [-0.15, -0.1) is 0 Å². The molecule has 56 heavy (non-hydrogen) atoms. The molecule has 0 aromatic rings. The van der Waals surface area contributed by atoms with Crippen molar-refractivity contribution < 1.29 is 76.6 Å². The van der Waals surface area contributed by atoms with Crippen molar-refractivity contribution in [1.82, 2.24) is 26.2 Å². The molecule has 0 spiro atoms. The zero-order valence-electron chi connectivity index (χ0n) is 32.5. The molecule has 0 saturated heterocycles. The second-order valence-electron chi connectivity index (χ2n) is 12.0. The first-order valence-corrected chi connectivity index (χ1v) is 18.5. The van der Waals surface area contributed by atoms with E-state index in [1.807, 2.05) is 0 Å². The van der Waals surface area contributed by atoms with Crippen molar-refractivity contribution in [3.8, 4) is 0 Å². The maximum absolute atomic E-state index is 12.2. The molecule has 1 rings (SSSR count). The van der Waals surface area contributed by atoms with Crippen molar-refractivity contribution in [2.45, 2.75) is 51.7 Å². The maximum Gasteiger partial charge on any atom is 0.325 e. The van der Waals surface area contributed by atoms with Crippen LogP contribution >= 0.6 is 0 Å². The van der Waals surface area contributed by atoms with Gasteiger partial charge in [-0.2, -0.15) is 0 Å². The Balaban J connectivity index is 1.78. The number of carboxylic acids is 1. The Morgan fingerprint density at radius 2 is 0.875 bits per heavy atom. The molecule has 0 saturated carbocycles. The third-order valence-electron chi connectivity index (χ3n) is 7.36. The van der Waals surface area contributed by atoms with Gasteiger partial charge in [-0.05, 0) is 20.8 Å². The smallest absolute Gasteiger partial charge is 0.325 e. The van der Waals surface area contributed by atoms with Crippen LogP contribution in [0.5, 0.6) is 0 Å². The van der Waals surface area contributed by atoms with Crippen LogP contribution < -0.4 is 21.3 Å². The van der Waals surface area contributed by atoms with Crippen molar-refractivity contribution in [1.29, 1.82) is 0 Å². The molecule has 0 bridgehead atoms. The third kappa shape index (κ3) is 25.9. The molecular formula is C35H59N5O16. The van der Waals surface area contributed by atoms with Crippen LogP contribution in [0.15, 0.2) is 12.2 Å². The van der Waals surface area contributed by atoms with E-state index in [4.69, 9.17) is 43.0 Å². The minimum atomic E-state index is -1.20. The average Bonchev–Trinajstić information content (AvgIpc) is 3.48. The maximum atomic E-state index is 12.2. The SMILES string of the molecule is C[C@H](NC(=O)[C@H](C)NC(=O)[C@H](C)NC(=O)CCOCCOCCOCCOCCOCCOCCOCCOCCNC(=O)CCN1C(=O)C=CC1=O)C(=O)O. The van der Waals surface area contributed by atoms with Gasteiger partial charge in [0.1, 0.15) is 18.1 Å². The van der Waals surface area contributed by atoms with E-state index in [1.165, 1.54) is 32.9 Å². The fourth-order valence-electron chi connectivity index (χ4n) is 4.21. The summed E-state index contributed by atoms with van der Waals surface area (Å²) in [6, 6.07) is -3.00. The summed E-state index contributed by atoms with van der Waals surface area (Å²) < 4.78 is 43.3. The summed E-state index contributed by atoms with van der Waals surface area (Å²) in [5.41, 5.74) is 0. The molecule has 1 aliphatic rings. The van der Waals surface area contributed by atoms with E-state index in [0.29, 0.717) is 99.0 Å². The number of amides is 6. The first-order valence-electron chi connectivity index (χ1n) is 18.5. The van der Waals surface area contributed by atoms with Gasteiger partial charge in [0.25, 0.3) is 11.8 Å². The van der Waals surface area contributed by atoms with Crippen molar-refractivity contribution in [3.05, 3.63) is 12.2 Å². The molecule has 0 aromatic carbocycles. The van der Waals surface area contributed by atoms with Gasteiger partial charge in [-0.1, -0.05) is 0 Å². The molecule has 3 atom stereocenters. The highest BCUT2D eigenvalue weighted by Crippen LogP contribution is 2.04. The molecule has 0 fully saturated rings. The van der Waals surface area contributed by atoms with Gasteiger partial charge in [0.2, 0.25) is 23.6 Å². The molecule has 21 nitrogen and oxygen atoms in total. The highest BCUT2D eigenvalue weighted by Gasteiger charge is 2.24. The predicted molar refractivity (Wildman–Crippen MR) is 195 cm³/mol. The summed E-state index contributed by atoms with van der Waals surface area (Å²) in [5, 5.41) is 18.7. The van der Waals surface area contributed by atoms with Crippen molar-refractivity contribution in [2.24, 2.45) is 0 Å². The number of rotatable bonds is 36. The summed E-state index contributed by atoms with van der Waals surface area (Å²) in [5.74, 6) is -3.96. The summed E-state index contributed by atoms with van der Waals surface area (Å²) in [4.78, 5) is 82.8. The first kappa shape index (κ1) is 49.9. The Morgan fingerprint density at radius 3 is 1.29 bits per heavy atom. The number of ether oxygens (including phenoxy) is 8. The van der Waals surface area contributed by atoms with E-state index in [1.54, 1.807) is 0 Å². The number of aliphatic carboxylic acids is 1. The second kappa shape index (κ2) is 32.0. The van der Waals surface area contributed by atoms with Gasteiger partial charge in [-0.25, -0.2) is 0 Å². The molecule has 0 unspecified atom stereocenters. The summed E-state index contributed by atoms with van der Waals surface area (Å²) >= 11 is 0. The van der Waals surface area contributed by atoms with Crippen LogP contribution in [0.2, 0.25) is 0 Å². The van der Waals surface area contributed by atoms with Gasteiger partial charge < -0.3 is 64.3 Å². The number of nitrogens with one attached hydrogen (secondary N) is 4. The van der Waals surface area contributed by atoms with Crippen LogP contribution in [0.25, 0.3) is 0 Å². The van der Waals surface area contributed by atoms with Gasteiger partial charge in [-0.3, -0.25) is 38.5 Å². The van der Waals surface area contributed by atoms with Crippen molar-refractivity contribution in [3.63, 3.8) is 0 Å². The van der Waals surface area contributed by atoms with Crippen LogP contribution in [0, 0.1) is 0 Å². The van der Waals surface area contributed by atoms with E-state index < -0.39 is 53.6 Å². The minimum Gasteiger partial charge on any atom is -0.480 e. The lowest BCUT2D eigenvalue weighted by Crippen LogP contribution is -2.53. The minimum absolute atomic E-state index is 0.0193. The van der Waals surface area contributed by atoms with Crippen molar-refractivity contribution in [2.75, 3.05) is 119 Å². The summed E-state index contributed by atoms with van der Waals surface area (Å²) in [6.07, 6.45) is 2.42. The standard InChI is InChI=1S/C35H59N5O16/c1-26(33(45)38-27(2)34(46)39-28(3)35(47)48)37-30(42)7-10-49-12-14-51-16-18-53-20-22-55-24-25-56-23-21-54-19-17-52-15-13-50-11-8-36-29(41)6-9-40-31(43)4-5-32(40)44/h4-5,26-28H,6-25H2,1-3H3,(H,36,41)(H,37,42)(H,38,45)(H,39,46)(H,47,48)/t26-,27-,28-/m0/s1. The van der Waals surface area contributed by atoms with E-state index in [9.17, 15) is 33.6 Å². The molecule has 320 valence electrons. The number of carboxylic acid groups (broad SMARTS) is 1. The van der Waals surface area contributed by atoms with Gasteiger partial charge in [0.15, 0.2) is 0 Å². The Labute approximate surface area is 326 Å². The monoisotopic (exact) mass is 805 g/mol. The Hall–Kier alpha value is -4.09. The van der Waals surface area contributed by atoms with Crippen LogP contribution in [0.1, 0.15) is 33.6 Å². The fraction of sp³-hybridized carbons (Fsp3) is 0.743. The zero-order chi connectivity index (χ0) is 41.4. The van der Waals surface area contributed by atoms with E-state index in [0.717, 1.165) is 4.90 Å². The van der Waals surface area contributed by atoms with E-state index >= 15 is 0 Å². The zero-order valence-corrected chi connectivity index (χ0v) is 32.5. The van der Waals surface area contributed by atoms with Gasteiger partial charge in [0.05, 0.1) is 106 Å². The van der Waals surface area contributed by atoms with E-state index in [-0.39, 0.29) is 38.5 Å². The number of hydrogen-bond donors (Lipinski definition) is 5. The number of carbonyl (C=O) groups excluding carboxylic acids is 6. The topological polar surface area (TPSA) is 265 Å². The third-order valence-corrected chi connectivity index (χ3v) is 7.36. The molecule has 0 radical (unpaired) electrons. The Bertz CT molecular complexity index is 1200. The van der Waals surface area contributed by atoms with Crippen molar-refractivity contribution >= 4 is 41.4 Å². The lowest BCUT2D eigenvalue weighted by atomic mass is 10.2. The number of hydrogen-bond acceptors (Lipinski definition) is 15. The molecule has 6 amide bonds.